The van der Waals surface area contributed by atoms with Gasteiger partial charge in [-0.2, -0.15) is 0 Å². The molecule has 0 bridgehead atoms. The molecule has 2 amide bonds. The quantitative estimate of drug-likeness (QED) is 0.611. The standard InChI is InChI=1S/C22H26N2O5S/c1-15(25)23-16-7-4-8-17(13-16)29-12-6-11-24-20(26)14-30-22(24)18-9-5-10-19(27-2)21(18)28-3/h4-5,7-10,13,22H,6,11-12,14H2,1-3H3,(H,23,25). The Kier molecular flexibility index (Phi) is 7.46. The molecular weight excluding hydrogens is 404 g/mol. The first-order valence-electron chi connectivity index (χ1n) is 9.66. The Labute approximate surface area is 180 Å². The first-order valence-corrected chi connectivity index (χ1v) is 10.7. The predicted molar refractivity (Wildman–Crippen MR) is 117 cm³/mol. The Morgan fingerprint density at radius 3 is 2.73 bits per heavy atom. The number of thioether (sulfide) groups is 1. The van der Waals surface area contributed by atoms with Crippen molar-refractivity contribution in [2.75, 3.05) is 38.4 Å². The van der Waals surface area contributed by atoms with E-state index in [9.17, 15) is 9.59 Å². The van der Waals surface area contributed by atoms with Gasteiger partial charge in [-0.1, -0.05) is 18.2 Å². The number of nitrogens with zero attached hydrogens (tertiary/aromatic N) is 1. The van der Waals surface area contributed by atoms with Crippen LogP contribution in [0.2, 0.25) is 0 Å². The number of hydrogen-bond acceptors (Lipinski definition) is 6. The molecule has 2 aromatic rings. The van der Waals surface area contributed by atoms with E-state index in [1.807, 2.05) is 35.2 Å². The van der Waals surface area contributed by atoms with Crippen molar-refractivity contribution >= 4 is 29.3 Å². The normalized spacial score (nSPS) is 15.8. The van der Waals surface area contributed by atoms with Gasteiger partial charge >= 0.3 is 0 Å². The number of carbonyl (C=O) groups is 2. The highest BCUT2D eigenvalue weighted by Crippen LogP contribution is 2.45. The van der Waals surface area contributed by atoms with Crippen molar-refractivity contribution in [3.63, 3.8) is 0 Å². The summed E-state index contributed by atoms with van der Waals surface area (Å²) in [6, 6.07) is 13.0. The molecular formula is C22H26N2O5S. The van der Waals surface area contributed by atoms with E-state index in [2.05, 4.69) is 5.32 Å². The minimum Gasteiger partial charge on any atom is -0.493 e. The van der Waals surface area contributed by atoms with E-state index in [1.165, 1.54) is 6.92 Å². The second-order valence-corrected chi connectivity index (χ2v) is 7.81. The molecule has 8 heteroatoms. The molecule has 1 atom stereocenters. The SMILES string of the molecule is COc1cccc(C2SCC(=O)N2CCCOc2cccc(NC(C)=O)c2)c1OC. The molecule has 0 spiro atoms. The van der Waals surface area contributed by atoms with Gasteiger partial charge in [0.15, 0.2) is 11.5 Å². The van der Waals surface area contributed by atoms with Crippen LogP contribution in [0.25, 0.3) is 0 Å². The molecule has 30 heavy (non-hydrogen) atoms. The molecule has 7 nitrogen and oxygen atoms in total. The molecule has 1 aliphatic rings. The number of ether oxygens (including phenoxy) is 3. The van der Waals surface area contributed by atoms with E-state index in [4.69, 9.17) is 14.2 Å². The zero-order valence-electron chi connectivity index (χ0n) is 17.3. The number of hydrogen-bond donors (Lipinski definition) is 1. The smallest absolute Gasteiger partial charge is 0.233 e. The summed E-state index contributed by atoms with van der Waals surface area (Å²) in [5.74, 6) is 2.39. The third-order valence-electron chi connectivity index (χ3n) is 4.63. The number of anilines is 1. The third-order valence-corrected chi connectivity index (χ3v) is 5.87. The van der Waals surface area contributed by atoms with E-state index >= 15 is 0 Å². The highest BCUT2D eigenvalue weighted by molar-refractivity contribution is 8.00. The van der Waals surface area contributed by atoms with E-state index in [-0.39, 0.29) is 17.2 Å². The molecule has 0 saturated carbocycles. The maximum Gasteiger partial charge on any atom is 0.233 e. The number of para-hydroxylation sites is 1. The zero-order chi connectivity index (χ0) is 21.5. The third kappa shape index (κ3) is 5.18. The summed E-state index contributed by atoms with van der Waals surface area (Å²) in [6.45, 7) is 2.49. The van der Waals surface area contributed by atoms with E-state index in [0.29, 0.717) is 48.3 Å². The van der Waals surface area contributed by atoms with Crippen LogP contribution in [0.1, 0.15) is 24.3 Å². The van der Waals surface area contributed by atoms with Crippen molar-refractivity contribution in [3.05, 3.63) is 48.0 Å². The van der Waals surface area contributed by atoms with Crippen LogP contribution in [0, 0.1) is 0 Å². The molecule has 0 aliphatic carbocycles. The van der Waals surface area contributed by atoms with Crippen molar-refractivity contribution in [2.45, 2.75) is 18.7 Å². The topological polar surface area (TPSA) is 77.1 Å². The van der Waals surface area contributed by atoms with Crippen LogP contribution in [0.3, 0.4) is 0 Å². The lowest BCUT2D eigenvalue weighted by Crippen LogP contribution is -2.30. The molecule has 1 unspecified atom stereocenters. The first-order chi connectivity index (χ1) is 14.5. The molecule has 1 N–H and O–H groups in total. The van der Waals surface area contributed by atoms with Gasteiger partial charge in [0.1, 0.15) is 11.1 Å². The van der Waals surface area contributed by atoms with Crippen LogP contribution < -0.4 is 19.5 Å². The summed E-state index contributed by atoms with van der Waals surface area (Å²) in [5.41, 5.74) is 1.62. The summed E-state index contributed by atoms with van der Waals surface area (Å²) >= 11 is 1.58. The maximum absolute atomic E-state index is 12.5. The minimum atomic E-state index is -0.129. The van der Waals surface area contributed by atoms with Crippen LogP contribution in [0.15, 0.2) is 42.5 Å². The van der Waals surface area contributed by atoms with Gasteiger partial charge in [0.2, 0.25) is 11.8 Å². The maximum atomic E-state index is 12.5. The summed E-state index contributed by atoms with van der Waals surface area (Å²) in [6.07, 6.45) is 0.680. The number of rotatable bonds is 9. The van der Waals surface area contributed by atoms with Crippen LogP contribution in [-0.4, -0.2) is 49.8 Å². The number of benzene rings is 2. The van der Waals surface area contributed by atoms with Gasteiger partial charge in [-0.3, -0.25) is 9.59 Å². The van der Waals surface area contributed by atoms with Crippen LogP contribution in [-0.2, 0) is 9.59 Å². The van der Waals surface area contributed by atoms with Crippen LogP contribution >= 0.6 is 11.8 Å². The molecule has 0 aromatic heterocycles. The first kappa shape index (κ1) is 21.8. The van der Waals surface area contributed by atoms with Gasteiger partial charge in [0, 0.05) is 30.8 Å². The highest BCUT2D eigenvalue weighted by Gasteiger charge is 2.34. The fourth-order valence-electron chi connectivity index (χ4n) is 3.35. The lowest BCUT2D eigenvalue weighted by atomic mass is 10.1. The van der Waals surface area contributed by atoms with Crippen molar-refractivity contribution in [2.24, 2.45) is 0 Å². The lowest BCUT2D eigenvalue weighted by molar-refractivity contribution is -0.128. The van der Waals surface area contributed by atoms with E-state index < -0.39 is 0 Å². The largest absolute Gasteiger partial charge is 0.493 e. The molecule has 1 heterocycles. The average Bonchev–Trinajstić information content (AvgIpc) is 3.10. The summed E-state index contributed by atoms with van der Waals surface area (Å²) in [4.78, 5) is 25.5. The van der Waals surface area contributed by atoms with E-state index in [1.54, 1.807) is 38.1 Å². The Balaban J connectivity index is 1.61. The summed E-state index contributed by atoms with van der Waals surface area (Å²) < 4.78 is 16.8. The minimum absolute atomic E-state index is 0.0996. The van der Waals surface area contributed by atoms with Crippen LogP contribution in [0.5, 0.6) is 17.2 Å². The van der Waals surface area contributed by atoms with Crippen LogP contribution in [0.4, 0.5) is 5.69 Å². The van der Waals surface area contributed by atoms with Crippen molar-refractivity contribution < 1.29 is 23.8 Å². The molecule has 2 aromatic carbocycles. The van der Waals surface area contributed by atoms with Gasteiger partial charge < -0.3 is 24.4 Å². The van der Waals surface area contributed by atoms with Crippen molar-refractivity contribution in [1.29, 1.82) is 0 Å². The molecule has 160 valence electrons. The number of carbonyl (C=O) groups excluding carboxylic acids is 2. The summed E-state index contributed by atoms with van der Waals surface area (Å²) in [5, 5.41) is 2.61. The molecule has 0 radical (unpaired) electrons. The van der Waals surface area contributed by atoms with E-state index in [0.717, 1.165) is 5.56 Å². The number of nitrogens with one attached hydrogen (secondary N) is 1. The van der Waals surface area contributed by atoms with Crippen molar-refractivity contribution in [1.82, 2.24) is 4.90 Å². The van der Waals surface area contributed by atoms with Gasteiger partial charge in [0.05, 0.1) is 26.6 Å². The molecule has 1 fully saturated rings. The molecule has 1 saturated heterocycles. The fourth-order valence-corrected chi connectivity index (χ4v) is 4.59. The monoisotopic (exact) mass is 430 g/mol. The molecule has 1 aliphatic heterocycles. The van der Waals surface area contributed by atoms with Gasteiger partial charge in [0.25, 0.3) is 0 Å². The van der Waals surface area contributed by atoms with Crippen molar-refractivity contribution in [3.8, 4) is 17.2 Å². The van der Waals surface area contributed by atoms with Gasteiger partial charge in [-0.25, -0.2) is 0 Å². The number of methoxy groups -OCH3 is 2. The Bertz CT molecular complexity index is 905. The second-order valence-electron chi connectivity index (χ2n) is 6.74. The fraction of sp³-hybridized carbons (Fsp3) is 0.364. The van der Waals surface area contributed by atoms with Gasteiger partial charge in [-0.15, -0.1) is 11.8 Å². The highest BCUT2D eigenvalue weighted by atomic mass is 32.2. The predicted octanol–water partition coefficient (Wildman–Crippen LogP) is 3.71. The Morgan fingerprint density at radius 1 is 1.20 bits per heavy atom. The average molecular weight is 431 g/mol. The second kappa shape index (κ2) is 10.2. The Morgan fingerprint density at radius 2 is 2.00 bits per heavy atom. The summed E-state index contributed by atoms with van der Waals surface area (Å²) in [7, 11) is 3.21. The molecule has 3 rings (SSSR count). The Hall–Kier alpha value is -2.87. The lowest BCUT2D eigenvalue weighted by Gasteiger charge is -2.26. The zero-order valence-corrected chi connectivity index (χ0v) is 18.2. The number of amides is 2. The van der Waals surface area contributed by atoms with Gasteiger partial charge in [-0.05, 0) is 24.6 Å².